The van der Waals surface area contributed by atoms with E-state index in [2.05, 4.69) is 62.5 Å². The van der Waals surface area contributed by atoms with E-state index < -0.39 is 67.4 Å². The third kappa shape index (κ3) is 43.5. The average molecular weight is 1120 g/mol. The van der Waals surface area contributed by atoms with Crippen LogP contribution in [-0.2, 0) is 23.8 Å². The number of ether oxygens (including phenoxy) is 3. The molecule has 1 heterocycles. The van der Waals surface area contributed by atoms with Crippen LogP contribution in [-0.4, -0.2) is 99.6 Å². The number of carbonyl (C=O) groups excluding carboxylic acids is 2. The highest BCUT2D eigenvalue weighted by molar-refractivity contribution is 5.80. The maximum atomic E-state index is 13.4. The zero-order chi connectivity index (χ0) is 58.2. The molecule has 80 heavy (non-hydrogen) atoms. The summed E-state index contributed by atoms with van der Waals surface area (Å²) in [5.74, 6) is -1.22. The van der Waals surface area contributed by atoms with E-state index in [9.17, 15) is 35.1 Å². The van der Waals surface area contributed by atoms with Gasteiger partial charge in [0.25, 0.3) is 0 Å². The van der Waals surface area contributed by atoms with E-state index in [1.807, 2.05) is 42.5 Å². The van der Waals surface area contributed by atoms with Crippen molar-refractivity contribution in [3.8, 4) is 0 Å². The molecule has 0 saturated carbocycles. The third-order valence-corrected chi connectivity index (χ3v) is 15.1. The van der Waals surface area contributed by atoms with E-state index in [1.54, 1.807) is 6.08 Å². The monoisotopic (exact) mass is 1120 g/mol. The van der Waals surface area contributed by atoms with Gasteiger partial charge in [0.15, 0.2) is 12.4 Å². The lowest BCUT2D eigenvalue weighted by molar-refractivity contribution is -0.305. The summed E-state index contributed by atoms with van der Waals surface area (Å²) in [6.07, 6.45) is 63.4. The molecule has 1 fully saturated rings. The molecule has 0 aromatic heterocycles. The molecule has 0 radical (unpaired) electrons. The molecule has 1 rings (SSSR count). The molecule has 462 valence electrons. The number of nitrogens with one attached hydrogen (secondary N) is 1. The summed E-state index contributed by atoms with van der Waals surface area (Å²) >= 11 is 0. The molecule has 1 saturated heterocycles. The van der Waals surface area contributed by atoms with Gasteiger partial charge in [0.1, 0.15) is 24.4 Å². The first-order valence-electron chi connectivity index (χ1n) is 32.9. The first-order valence-corrected chi connectivity index (χ1v) is 32.9. The quantitative estimate of drug-likeness (QED) is 0.0149. The van der Waals surface area contributed by atoms with Gasteiger partial charge in [0, 0.05) is 6.42 Å². The number of amides is 1. The molecule has 11 heteroatoms. The largest absolute Gasteiger partial charge is 0.454 e. The Hall–Kier alpha value is -3.16. The van der Waals surface area contributed by atoms with Crippen molar-refractivity contribution in [1.29, 1.82) is 0 Å². The molecule has 0 aromatic rings. The van der Waals surface area contributed by atoms with Gasteiger partial charge in [-0.1, -0.05) is 279 Å². The van der Waals surface area contributed by atoms with Crippen LogP contribution in [0.15, 0.2) is 85.1 Å². The highest BCUT2D eigenvalue weighted by Crippen LogP contribution is 2.26. The number of hydrogen-bond donors (Lipinski definition) is 6. The van der Waals surface area contributed by atoms with Crippen molar-refractivity contribution in [2.45, 2.75) is 327 Å². The molecule has 0 aliphatic carbocycles. The van der Waals surface area contributed by atoms with E-state index in [0.29, 0.717) is 12.8 Å². The second kappa shape index (κ2) is 56.3. The minimum atomic E-state index is -1.62. The van der Waals surface area contributed by atoms with Gasteiger partial charge in [-0.05, 0) is 77.0 Å². The Labute approximate surface area is 489 Å². The number of carbonyl (C=O) groups is 2. The SMILES string of the molecule is CC/C=C/C=C/C=C/C=C\CCCCCCC(O)C(=O)NC(COC1OC(CO)C(O)C(O)C1OC(=O)CCCCCCCCCCCCCCCCC/C=C\C/C=C\CCCCC)C(O)/C=C/CCCCCCCCCCCC. The number of unbranched alkanes of at least 4 members (excludes halogenated alkanes) is 32. The molecule has 0 spiro atoms. The summed E-state index contributed by atoms with van der Waals surface area (Å²) in [4.78, 5) is 26.6. The Morgan fingerprint density at radius 2 is 0.950 bits per heavy atom. The normalized spacial score (nSPS) is 19.3. The van der Waals surface area contributed by atoms with Crippen LogP contribution in [0.4, 0.5) is 0 Å². The van der Waals surface area contributed by atoms with Crippen LogP contribution < -0.4 is 5.32 Å². The van der Waals surface area contributed by atoms with Crippen LogP contribution in [0, 0.1) is 0 Å². The van der Waals surface area contributed by atoms with Gasteiger partial charge >= 0.3 is 5.97 Å². The fourth-order valence-corrected chi connectivity index (χ4v) is 9.93. The van der Waals surface area contributed by atoms with E-state index in [-0.39, 0.29) is 19.4 Å². The molecule has 6 N–H and O–H groups in total. The standard InChI is InChI=1S/C69H121NO10/c1-4-7-10-13-16-19-22-25-27-28-29-30-31-32-33-34-35-36-37-39-42-45-48-51-54-57-64(74)80-67-66(76)65(75)63(58-71)79-69(67)78-59-60(61(72)55-52-49-46-43-40-24-21-18-15-12-9-6-3)70-68(77)62(73)56-53-50-47-44-41-38-26-23-20-17-14-11-8-5-2/h8,11,14,16-17,19-20,23,25-27,38,52,55,60-63,65-67,69,71-73,75-76H,4-7,9-10,12-13,15,18,21-22,24,28-37,39-51,53-54,56-59H2,1-3H3,(H,70,77)/b11-8+,17-14+,19-16-,23-20+,27-25-,38-26-,55-52+. The molecule has 1 aliphatic rings. The summed E-state index contributed by atoms with van der Waals surface area (Å²) < 4.78 is 17.6. The zero-order valence-corrected chi connectivity index (χ0v) is 51.2. The first-order chi connectivity index (χ1) is 39.2. The Balaban J connectivity index is 2.59. The maximum Gasteiger partial charge on any atom is 0.306 e. The molecule has 11 nitrogen and oxygen atoms in total. The number of esters is 1. The van der Waals surface area contributed by atoms with Crippen LogP contribution in [0.2, 0.25) is 0 Å². The lowest BCUT2D eigenvalue weighted by Crippen LogP contribution is -2.61. The van der Waals surface area contributed by atoms with Crippen LogP contribution >= 0.6 is 0 Å². The van der Waals surface area contributed by atoms with Gasteiger partial charge in [-0.15, -0.1) is 0 Å². The fourth-order valence-electron chi connectivity index (χ4n) is 9.93. The lowest BCUT2D eigenvalue weighted by Gasteiger charge is -2.41. The second-order valence-corrected chi connectivity index (χ2v) is 22.6. The molecular weight excluding hydrogens is 1000 g/mol. The van der Waals surface area contributed by atoms with Gasteiger partial charge in [-0.3, -0.25) is 9.59 Å². The Morgan fingerprint density at radius 3 is 1.48 bits per heavy atom. The summed E-state index contributed by atoms with van der Waals surface area (Å²) in [7, 11) is 0. The van der Waals surface area contributed by atoms with Crippen LogP contribution in [0.25, 0.3) is 0 Å². The number of rotatable bonds is 55. The summed E-state index contributed by atoms with van der Waals surface area (Å²) in [6.45, 7) is 5.62. The minimum Gasteiger partial charge on any atom is -0.454 e. The van der Waals surface area contributed by atoms with Crippen molar-refractivity contribution in [1.82, 2.24) is 5.32 Å². The smallest absolute Gasteiger partial charge is 0.306 e. The highest BCUT2D eigenvalue weighted by Gasteiger charge is 2.47. The summed E-state index contributed by atoms with van der Waals surface area (Å²) in [5, 5.41) is 57.0. The van der Waals surface area contributed by atoms with Crippen molar-refractivity contribution >= 4 is 11.9 Å². The van der Waals surface area contributed by atoms with Gasteiger partial charge < -0.3 is 45.1 Å². The van der Waals surface area contributed by atoms with E-state index in [1.165, 1.54) is 154 Å². The Morgan fingerprint density at radius 1 is 0.512 bits per heavy atom. The predicted octanol–water partition coefficient (Wildman–Crippen LogP) is 16.1. The number of hydrogen-bond acceptors (Lipinski definition) is 10. The molecule has 1 aliphatic heterocycles. The number of aliphatic hydroxyl groups excluding tert-OH is 5. The van der Waals surface area contributed by atoms with Crippen molar-refractivity contribution in [2.75, 3.05) is 13.2 Å². The fraction of sp³-hybridized carbons (Fsp3) is 0.768. The van der Waals surface area contributed by atoms with Gasteiger partial charge in [0.05, 0.1) is 25.4 Å². The lowest BCUT2D eigenvalue weighted by atomic mass is 9.99. The summed E-state index contributed by atoms with van der Waals surface area (Å²) in [6, 6.07) is -1.04. The molecule has 0 bridgehead atoms. The van der Waals surface area contributed by atoms with Crippen LogP contribution in [0.5, 0.6) is 0 Å². The van der Waals surface area contributed by atoms with Crippen molar-refractivity contribution in [3.05, 3.63) is 85.1 Å². The predicted molar refractivity (Wildman–Crippen MR) is 333 cm³/mol. The minimum absolute atomic E-state index is 0.118. The van der Waals surface area contributed by atoms with Crippen LogP contribution in [0.1, 0.15) is 278 Å². The van der Waals surface area contributed by atoms with Crippen molar-refractivity contribution < 1.29 is 49.3 Å². The molecular formula is C69H121NO10. The number of allylic oxidation sites excluding steroid dienone is 13. The van der Waals surface area contributed by atoms with E-state index >= 15 is 0 Å². The third-order valence-electron chi connectivity index (χ3n) is 15.1. The van der Waals surface area contributed by atoms with Crippen LogP contribution in [0.3, 0.4) is 0 Å². The zero-order valence-electron chi connectivity index (χ0n) is 51.2. The Kier molecular flexibility index (Phi) is 52.7. The second-order valence-electron chi connectivity index (χ2n) is 22.6. The maximum absolute atomic E-state index is 13.4. The topological polar surface area (TPSA) is 175 Å². The van der Waals surface area contributed by atoms with Crippen molar-refractivity contribution in [3.63, 3.8) is 0 Å². The van der Waals surface area contributed by atoms with Gasteiger partial charge in [-0.2, -0.15) is 0 Å². The van der Waals surface area contributed by atoms with Gasteiger partial charge in [-0.25, -0.2) is 0 Å². The van der Waals surface area contributed by atoms with Gasteiger partial charge in [0.2, 0.25) is 5.91 Å². The first kappa shape index (κ1) is 74.9. The average Bonchev–Trinajstić information content (AvgIpc) is 3.46. The van der Waals surface area contributed by atoms with E-state index in [4.69, 9.17) is 14.2 Å². The molecule has 8 atom stereocenters. The molecule has 8 unspecified atom stereocenters. The van der Waals surface area contributed by atoms with E-state index in [0.717, 1.165) is 77.0 Å². The highest BCUT2D eigenvalue weighted by atomic mass is 16.7. The number of aliphatic hydroxyl groups is 5. The molecule has 0 aromatic carbocycles. The van der Waals surface area contributed by atoms with Crippen molar-refractivity contribution in [2.24, 2.45) is 0 Å². The Bertz CT molecular complexity index is 1620. The molecule has 1 amide bonds. The summed E-state index contributed by atoms with van der Waals surface area (Å²) in [5.41, 5.74) is 0.